The van der Waals surface area contributed by atoms with Crippen LogP contribution in [0.15, 0.2) is 29.4 Å². The van der Waals surface area contributed by atoms with Crippen molar-refractivity contribution < 1.29 is 8.78 Å². The van der Waals surface area contributed by atoms with E-state index < -0.39 is 12.3 Å². The zero-order valence-corrected chi connectivity index (χ0v) is 8.48. The highest BCUT2D eigenvalue weighted by Gasteiger charge is 2.44. The summed E-state index contributed by atoms with van der Waals surface area (Å²) < 4.78 is 24.4. The van der Waals surface area contributed by atoms with Crippen molar-refractivity contribution in [3.05, 3.63) is 24.4 Å². The zero-order chi connectivity index (χ0) is 11.5. The van der Waals surface area contributed by atoms with Gasteiger partial charge in [0.1, 0.15) is 5.82 Å². The first-order valence-electron chi connectivity index (χ1n) is 4.96. The van der Waals surface area contributed by atoms with Gasteiger partial charge in [-0.3, -0.25) is 0 Å². The Balaban J connectivity index is 1.90. The van der Waals surface area contributed by atoms with Crippen LogP contribution in [0.5, 0.6) is 0 Å². The average Bonchev–Trinajstić information content (AvgIpc) is 2.98. The Hall–Kier alpha value is -1.72. The van der Waals surface area contributed by atoms with Crippen LogP contribution in [0.1, 0.15) is 6.42 Å². The van der Waals surface area contributed by atoms with Crippen molar-refractivity contribution in [2.24, 2.45) is 16.6 Å². The molecule has 4 nitrogen and oxygen atoms in total. The summed E-state index contributed by atoms with van der Waals surface area (Å²) in [6.07, 6.45) is -0.298. The maximum absolute atomic E-state index is 12.2. The molecule has 2 rings (SSSR count). The number of anilines is 1. The summed E-state index contributed by atoms with van der Waals surface area (Å²) in [5.41, 5.74) is 5.56. The number of rotatable bonds is 3. The van der Waals surface area contributed by atoms with Gasteiger partial charge in [0.05, 0.1) is 6.04 Å². The first-order chi connectivity index (χ1) is 7.66. The van der Waals surface area contributed by atoms with Gasteiger partial charge in [-0.25, -0.2) is 18.8 Å². The van der Waals surface area contributed by atoms with Gasteiger partial charge in [-0.05, 0) is 18.6 Å². The molecule has 0 aliphatic heterocycles. The Bertz CT molecular complexity index is 380. The molecule has 1 aromatic heterocycles. The number of guanidine groups is 1. The van der Waals surface area contributed by atoms with Crippen molar-refractivity contribution in [2.45, 2.75) is 18.9 Å². The molecule has 0 radical (unpaired) electrons. The highest BCUT2D eigenvalue weighted by atomic mass is 19.3. The molecule has 1 aliphatic rings. The number of nitrogens with two attached hydrogens (primary N) is 1. The van der Waals surface area contributed by atoms with Crippen molar-refractivity contribution in [2.75, 3.05) is 5.32 Å². The van der Waals surface area contributed by atoms with Gasteiger partial charge in [0, 0.05) is 12.1 Å². The fourth-order valence-corrected chi connectivity index (χ4v) is 1.40. The van der Waals surface area contributed by atoms with Crippen LogP contribution in [0.4, 0.5) is 14.6 Å². The minimum Gasteiger partial charge on any atom is -0.370 e. The Kier molecular flexibility index (Phi) is 2.98. The van der Waals surface area contributed by atoms with Crippen molar-refractivity contribution in [1.82, 2.24) is 4.98 Å². The SMILES string of the molecule is NC(=N[C@H]1C[C@@H]1C(F)F)Nc1ccccn1. The molecule has 3 N–H and O–H groups in total. The van der Waals surface area contributed by atoms with E-state index in [4.69, 9.17) is 5.73 Å². The van der Waals surface area contributed by atoms with Crippen molar-refractivity contribution >= 4 is 11.8 Å². The number of nitrogens with one attached hydrogen (secondary N) is 1. The third kappa shape index (κ3) is 2.65. The minimum absolute atomic E-state index is 0.131. The molecule has 1 saturated carbocycles. The molecule has 0 unspecified atom stereocenters. The summed E-state index contributed by atoms with van der Waals surface area (Å²) in [7, 11) is 0. The van der Waals surface area contributed by atoms with Gasteiger partial charge < -0.3 is 11.1 Å². The smallest absolute Gasteiger partial charge is 0.243 e. The van der Waals surface area contributed by atoms with Crippen LogP contribution in [0, 0.1) is 5.92 Å². The first-order valence-corrected chi connectivity index (χ1v) is 4.96. The second-order valence-electron chi connectivity index (χ2n) is 3.66. The van der Waals surface area contributed by atoms with E-state index >= 15 is 0 Å². The third-order valence-electron chi connectivity index (χ3n) is 2.35. The Morgan fingerprint density at radius 1 is 1.56 bits per heavy atom. The molecule has 0 aromatic carbocycles. The summed E-state index contributed by atoms with van der Waals surface area (Å²) in [5, 5.41) is 2.74. The molecule has 1 aromatic rings. The van der Waals surface area contributed by atoms with Crippen LogP contribution in [0.3, 0.4) is 0 Å². The zero-order valence-electron chi connectivity index (χ0n) is 8.48. The second kappa shape index (κ2) is 4.42. The van der Waals surface area contributed by atoms with E-state index in [0.29, 0.717) is 12.2 Å². The number of alkyl halides is 2. The number of hydrogen-bond acceptors (Lipinski definition) is 2. The number of aliphatic imine (C=N–C) groups is 1. The summed E-state index contributed by atoms with van der Waals surface area (Å²) in [4.78, 5) is 7.93. The fourth-order valence-electron chi connectivity index (χ4n) is 1.40. The van der Waals surface area contributed by atoms with Crippen LogP contribution >= 0.6 is 0 Å². The van der Waals surface area contributed by atoms with E-state index in [0.717, 1.165) is 0 Å². The molecule has 16 heavy (non-hydrogen) atoms. The standard InChI is InChI=1S/C10H12F2N4/c11-9(12)6-5-7(6)15-10(13)16-8-3-1-2-4-14-8/h1-4,6-7,9H,5H2,(H3,13,14,15,16)/t6-,7-/m0/s1. The lowest BCUT2D eigenvalue weighted by Crippen LogP contribution is -2.24. The Morgan fingerprint density at radius 3 is 2.94 bits per heavy atom. The van der Waals surface area contributed by atoms with Gasteiger partial charge in [0.25, 0.3) is 0 Å². The molecule has 0 bridgehead atoms. The number of halogens is 2. The molecular formula is C10H12F2N4. The molecule has 0 spiro atoms. The molecule has 1 aliphatic carbocycles. The normalized spacial score (nSPS) is 24.6. The van der Waals surface area contributed by atoms with Crippen molar-refractivity contribution in [3.63, 3.8) is 0 Å². The third-order valence-corrected chi connectivity index (χ3v) is 2.35. The lowest BCUT2D eigenvalue weighted by molar-refractivity contribution is 0.121. The van der Waals surface area contributed by atoms with Crippen LogP contribution in [0.25, 0.3) is 0 Å². The maximum atomic E-state index is 12.2. The maximum Gasteiger partial charge on any atom is 0.243 e. The van der Waals surface area contributed by atoms with Crippen molar-refractivity contribution in [1.29, 1.82) is 0 Å². The first kappa shape index (κ1) is 10.8. The van der Waals surface area contributed by atoms with Crippen molar-refractivity contribution in [3.8, 4) is 0 Å². The lowest BCUT2D eigenvalue weighted by Gasteiger charge is -2.03. The van der Waals surface area contributed by atoms with E-state index in [-0.39, 0.29) is 12.0 Å². The van der Waals surface area contributed by atoms with Crippen LogP contribution in [-0.4, -0.2) is 23.4 Å². The molecule has 2 atom stereocenters. The average molecular weight is 226 g/mol. The van der Waals surface area contributed by atoms with E-state index in [9.17, 15) is 8.78 Å². The van der Waals surface area contributed by atoms with Gasteiger partial charge in [0.15, 0.2) is 5.96 Å². The molecule has 0 amide bonds. The van der Waals surface area contributed by atoms with E-state index in [1.165, 1.54) is 0 Å². The summed E-state index contributed by atoms with van der Waals surface area (Å²) in [5.74, 6) is 0.0499. The van der Waals surface area contributed by atoms with Gasteiger partial charge in [0.2, 0.25) is 6.43 Å². The Morgan fingerprint density at radius 2 is 2.38 bits per heavy atom. The molecular weight excluding hydrogens is 214 g/mol. The highest BCUT2D eigenvalue weighted by molar-refractivity contribution is 5.91. The molecule has 1 fully saturated rings. The second-order valence-corrected chi connectivity index (χ2v) is 3.66. The van der Waals surface area contributed by atoms with Crippen LogP contribution in [-0.2, 0) is 0 Å². The van der Waals surface area contributed by atoms with E-state index in [1.807, 2.05) is 0 Å². The number of nitrogens with zero attached hydrogens (tertiary/aromatic N) is 2. The molecule has 6 heteroatoms. The van der Waals surface area contributed by atoms with Crippen LogP contribution in [0.2, 0.25) is 0 Å². The van der Waals surface area contributed by atoms with Gasteiger partial charge in [-0.1, -0.05) is 6.07 Å². The summed E-state index contributed by atoms with van der Waals surface area (Å²) >= 11 is 0. The molecule has 0 saturated heterocycles. The van der Waals surface area contributed by atoms with Crippen LogP contribution < -0.4 is 11.1 Å². The predicted octanol–water partition coefficient (Wildman–Crippen LogP) is 1.46. The fraction of sp³-hybridized carbons (Fsp3) is 0.400. The van der Waals surface area contributed by atoms with E-state index in [1.54, 1.807) is 24.4 Å². The largest absolute Gasteiger partial charge is 0.370 e. The van der Waals surface area contributed by atoms with E-state index in [2.05, 4.69) is 15.3 Å². The summed E-state index contributed by atoms with van der Waals surface area (Å²) in [6.45, 7) is 0. The Labute approximate surface area is 91.6 Å². The summed E-state index contributed by atoms with van der Waals surface area (Å²) in [6, 6.07) is 4.93. The molecule has 1 heterocycles. The number of hydrogen-bond donors (Lipinski definition) is 2. The minimum atomic E-state index is -2.31. The number of pyridine rings is 1. The quantitative estimate of drug-likeness (QED) is 0.606. The highest BCUT2D eigenvalue weighted by Crippen LogP contribution is 2.38. The monoisotopic (exact) mass is 226 g/mol. The topological polar surface area (TPSA) is 63.3 Å². The lowest BCUT2D eigenvalue weighted by atomic mass is 10.4. The predicted molar refractivity (Wildman–Crippen MR) is 57.4 cm³/mol. The molecule has 86 valence electrons. The van der Waals surface area contributed by atoms with Gasteiger partial charge in [-0.2, -0.15) is 0 Å². The van der Waals surface area contributed by atoms with Gasteiger partial charge in [-0.15, -0.1) is 0 Å². The number of aromatic nitrogens is 1. The van der Waals surface area contributed by atoms with Gasteiger partial charge >= 0.3 is 0 Å².